The zero-order valence-corrected chi connectivity index (χ0v) is 14.2. The van der Waals surface area contributed by atoms with Gasteiger partial charge in [-0.1, -0.05) is 15.9 Å². The van der Waals surface area contributed by atoms with E-state index in [0.717, 1.165) is 31.4 Å². The van der Waals surface area contributed by atoms with Crippen LogP contribution in [0.15, 0.2) is 22.7 Å². The quantitative estimate of drug-likeness (QED) is 0.895. The Morgan fingerprint density at radius 2 is 2.10 bits per heavy atom. The second-order valence-electron chi connectivity index (χ2n) is 5.92. The molecule has 1 unspecified atom stereocenters. The minimum absolute atomic E-state index is 0.760. The lowest BCUT2D eigenvalue weighted by molar-refractivity contribution is 0.0980. The zero-order chi connectivity index (χ0) is 14.7. The Kier molecular flexibility index (Phi) is 5.16. The van der Waals surface area contributed by atoms with Gasteiger partial charge in [-0.25, -0.2) is 0 Å². The molecule has 0 saturated carbocycles. The first-order valence-corrected chi connectivity index (χ1v) is 8.55. The van der Waals surface area contributed by atoms with Crippen LogP contribution in [0.2, 0.25) is 0 Å². The van der Waals surface area contributed by atoms with Crippen LogP contribution in [0.25, 0.3) is 0 Å². The number of hydrogen-bond acceptors (Lipinski definition) is 4. The Labute approximate surface area is 135 Å². The van der Waals surface area contributed by atoms with E-state index in [9.17, 15) is 0 Å². The lowest BCUT2D eigenvalue weighted by Gasteiger charge is -2.38. The Morgan fingerprint density at radius 1 is 1.29 bits per heavy atom. The Bertz CT molecular complexity index is 469. The van der Waals surface area contributed by atoms with E-state index >= 15 is 0 Å². The molecule has 1 atom stereocenters. The maximum atomic E-state index is 5.33. The van der Waals surface area contributed by atoms with Crippen LogP contribution in [0.3, 0.4) is 0 Å². The van der Waals surface area contributed by atoms with Gasteiger partial charge in [-0.2, -0.15) is 0 Å². The molecule has 2 saturated heterocycles. The van der Waals surface area contributed by atoms with Gasteiger partial charge in [0, 0.05) is 49.8 Å². The highest BCUT2D eigenvalue weighted by molar-refractivity contribution is 9.10. The van der Waals surface area contributed by atoms with Crippen molar-refractivity contribution in [3.05, 3.63) is 28.2 Å². The van der Waals surface area contributed by atoms with Crippen molar-refractivity contribution in [1.82, 2.24) is 15.1 Å². The zero-order valence-electron chi connectivity index (χ0n) is 12.6. The van der Waals surface area contributed by atoms with Gasteiger partial charge in [-0.3, -0.25) is 9.80 Å². The number of benzene rings is 1. The average Bonchev–Trinajstić information content (AvgIpc) is 3.04. The van der Waals surface area contributed by atoms with Crippen molar-refractivity contribution in [2.45, 2.75) is 19.0 Å². The lowest BCUT2D eigenvalue weighted by Crippen LogP contribution is -2.50. The minimum atomic E-state index is 0.760. The van der Waals surface area contributed by atoms with Crippen LogP contribution >= 0.6 is 15.9 Å². The summed E-state index contributed by atoms with van der Waals surface area (Å²) in [4.78, 5) is 5.19. The molecule has 0 spiro atoms. The topological polar surface area (TPSA) is 27.7 Å². The van der Waals surface area contributed by atoms with Crippen molar-refractivity contribution in [3.8, 4) is 5.75 Å². The highest BCUT2D eigenvalue weighted by Gasteiger charge is 2.26. The van der Waals surface area contributed by atoms with E-state index in [1.54, 1.807) is 7.11 Å². The van der Waals surface area contributed by atoms with Crippen molar-refractivity contribution in [3.63, 3.8) is 0 Å². The number of nitrogens with one attached hydrogen (secondary N) is 1. The molecule has 5 heteroatoms. The standard InChI is InChI=1S/C16H24BrN3O/c1-21-15-2-3-16(17)13(10-15)12-19-6-8-20(9-7-19)14-4-5-18-11-14/h2-3,10,14,18H,4-9,11-12H2,1H3. The van der Waals surface area contributed by atoms with Crippen LogP contribution in [0, 0.1) is 0 Å². The number of piperazine rings is 1. The number of methoxy groups -OCH3 is 1. The molecule has 2 aliphatic rings. The predicted octanol–water partition coefficient (Wildman–Crippen LogP) is 1.94. The molecule has 116 valence electrons. The largest absolute Gasteiger partial charge is 0.497 e. The molecule has 2 heterocycles. The highest BCUT2D eigenvalue weighted by atomic mass is 79.9. The second kappa shape index (κ2) is 7.09. The van der Waals surface area contributed by atoms with Gasteiger partial charge < -0.3 is 10.1 Å². The molecule has 0 bridgehead atoms. The molecule has 0 aliphatic carbocycles. The summed E-state index contributed by atoms with van der Waals surface area (Å²) in [7, 11) is 1.72. The van der Waals surface area contributed by atoms with Crippen LogP contribution < -0.4 is 10.1 Å². The molecule has 2 fully saturated rings. The number of nitrogens with zero attached hydrogens (tertiary/aromatic N) is 2. The van der Waals surface area contributed by atoms with Crippen molar-refractivity contribution in [1.29, 1.82) is 0 Å². The highest BCUT2D eigenvalue weighted by Crippen LogP contribution is 2.24. The van der Waals surface area contributed by atoms with Crippen molar-refractivity contribution in [2.24, 2.45) is 0 Å². The van der Waals surface area contributed by atoms with Crippen LogP contribution in [0.5, 0.6) is 5.75 Å². The molecule has 4 nitrogen and oxygen atoms in total. The van der Waals surface area contributed by atoms with Gasteiger partial charge in [0.1, 0.15) is 5.75 Å². The minimum Gasteiger partial charge on any atom is -0.497 e. The normalized spacial score (nSPS) is 24.4. The summed E-state index contributed by atoms with van der Waals surface area (Å²) in [6, 6.07) is 6.97. The Morgan fingerprint density at radius 3 is 2.76 bits per heavy atom. The number of halogens is 1. The van der Waals surface area contributed by atoms with Crippen molar-refractivity contribution < 1.29 is 4.74 Å². The third kappa shape index (κ3) is 3.77. The number of hydrogen-bond donors (Lipinski definition) is 1. The van der Waals surface area contributed by atoms with Gasteiger partial charge in [-0.15, -0.1) is 0 Å². The number of ether oxygens (including phenoxy) is 1. The molecule has 0 aromatic heterocycles. The van der Waals surface area contributed by atoms with Crippen molar-refractivity contribution in [2.75, 3.05) is 46.4 Å². The van der Waals surface area contributed by atoms with Gasteiger partial charge in [-0.05, 0) is 36.7 Å². The summed E-state index contributed by atoms with van der Waals surface area (Å²) >= 11 is 3.65. The summed E-state index contributed by atoms with van der Waals surface area (Å²) in [5.41, 5.74) is 1.31. The van der Waals surface area contributed by atoms with E-state index in [0.29, 0.717) is 0 Å². The van der Waals surface area contributed by atoms with Crippen LogP contribution in [0.4, 0.5) is 0 Å². The van der Waals surface area contributed by atoms with E-state index in [1.807, 2.05) is 6.07 Å². The molecule has 2 aliphatic heterocycles. The molecule has 21 heavy (non-hydrogen) atoms. The Balaban J connectivity index is 1.55. The van der Waals surface area contributed by atoms with E-state index < -0.39 is 0 Å². The van der Waals surface area contributed by atoms with E-state index in [1.165, 1.54) is 42.6 Å². The van der Waals surface area contributed by atoms with Crippen LogP contribution in [-0.2, 0) is 6.54 Å². The molecule has 1 N–H and O–H groups in total. The fraction of sp³-hybridized carbons (Fsp3) is 0.625. The lowest BCUT2D eigenvalue weighted by atomic mass is 10.1. The molecule has 0 radical (unpaired) electrons. The monoisotopic (exact) mass is 353 g/mol. The first-order valence-electron chi connectivity index (χ1n) is 7.76. The van der Waals surface area contributed by atoms with Crippen LogP contribution in [-0.4, -0.2) is 62.2 Å². The Hall–Kier alpha value is -0.620. The molecular formula is C16H24BrN3O. The van der Waals surface area contributed by atoms with Crippen LogP contribution in [0.1, 0.15) is 12.0 Å². The van der Waals surface area contributed by atoms with E-state index in [4.69, 9.17) is 4.74 Å². The van der Waals surface area contributed by atoms with Gasteiger partial charge in [0.2, 0.25) is 0 Å². The fourth-order valence-corrected chi connectivity index (χ4v) is 3.65. The summed E-state index contributed by atoms with van der Waals surface area (Å²) in [6.45, 7) is 8.03. The summed E-state index contributed by atoms with van der Waals surface area (Å²) in [5.74, 6) is 0.934. The first-order chi connectivity index (χ1) is 10.3. The summed E-state index contributed by atoms with van der Waals surface area (Å²) in [6.07, 6.45) is 1.31. The average molecular weight is 354 g/mol. The van der Waals surface area contributed by atoms with E-state index in [-0.39, 0.29) is 0 Å². The number of rotatable bonds is 4. The van der Waals surface area contributed by atoms with Gasteiger partial charge in [0.05, 0.1) is 7.11 Å². The third-order valence-electron chi connectivity index (χ3n) is 4.60. The summed E-state index contributed by atoms with van der Waals surface area (Å²) < 4.78 is 6.50. The maximum absolute atomic E-state index is 5.33. The van der Waals surface area contributed by atoms with E-state index in [2.05, 4.69) is 43.2 Å². The van der Waals surface area contributed by atoms with Crippen molar-refractivity contribution >= 4 is 15.9 Å². The fourth-order valence-electron chi connectivity index (χ4n) is 3.28. The van der Waals surface area contributed by atoms with Gasteiger partial charge in [0.15, 0.2) is 0 Å². The molecular weight excluding hydrogens is 330 g/mol. The van der Waals surface area contributed by atoms with Gasteiger partial charge in [0.25, 0.3) is 0 Å². The predicted molar refractivity (Wildman–Crippen MR) is 88.8 cm³/mol. The molecule has 0 amide bonds. The second-order valence-corrected chi connectivity index (χ2v) is 6.77. The maximum Gasteiger partial charge on any atom is 0.119 e. The van der Waals surface area contributed by atoms with Gasteiger partial charge >= 0.3 is 0 Å². The molecule has 1 aromatic rings. The SMILES string of the molecule is COc1ccc(Br)c(CN2CCN(C3CCNC3)CC2)c1. The first kappa shape index (κ1) is 15.3. The molecule has 3 rings (SSSR count). The molecule has 1 aromatic carbocycles. The summed E-state index contributed by atoms with van der Waals surface area (Å²) in [5, 5.41) is 3.47. The smallest absolute Gasteiger partial charge is 0.119 e. The third-order valence-corrected chi connectivity index (χ3v) is 5.38.